The van der Waals surface area contributed by atoms with Gasteiger partial charge in [-0.25, -0.2) is 0 Å². The highest BCUT2D eigenvalue weighted by molar-refractivity contribution is 6.02. The molecule has 0 heterocycles. The third-order valence-electron chi connectivity index (χ3n) is 11.6. The van der Waals surface area contributed by atoms with Crippen molar-refractivity contribution in [3.8, 4) is 45.2 Å². The molecule has 0 spiro atoms. The molecule has 10 rings (SSSR count). The smallest absolute Gasteiger partial charge is 0.0539 e. The largest absolute Gasteiger partial charge is 0.310 e. The number of hydrogen-bond donors (Lipinski definition) is 0. The number of anilines is 3. The fraction of sp³-hybridized carbons (Fsp3) is 0.0508. The normalized spacial score (nSPS) is 13.4. The molecule has 1 nitrogen and oxygen atoms in total. The zero-order valence-corrected chi connectivity index (χ0v) is 33.4. The van der Waals surface area contributed by atoms with Gasteiger partial charge < -0.3 is 4.90 Å². The fourth-order valence-corrected chi connectivity index (χ4v) is 8.57. The van der Waals surface area contributed by atoms with Gasteiger partial charge in [0.25, 0.3) is 0 Å². The maximum absolute atomic E-state index is 3.54. The van der Waals surface area contributed by atoms with Gasteiger partial charge >= 0.3 is 0 Å². The third kappa shape index (κ3) is 7.56. The lowest BCUT2D eigenvalue weighted by Gasteiger charge is -2.29. The number of allylic oxidation sites excluding steroid dienone is 8. The Balaban J connectivity index is 1.14. The summed E-state index contributed by atoms with van der Waals surface area (Å²) in [6.45, 7) is 0. The minimum Gasteiger partial charge on any atom is -0.310 e. The molecule has 284 valence electrons. The van der Waals surface area contributed by atoms with Crippen molar-refractivity contribution in [3.05, 3.63) is 241 Å². The molecule has 2 aliphatic carbocycles. The van der Waals surface area contributed by atoms with Crippen LogP contribution in [0.2, 0.25) is 0 Å². The van der Waals surface area contributed by atoms with Gasteiger partial charge in [0, 0.05) is 28.9 Å². The highest BCUT2D eigenvalue weighted by Crippen LogP contribution is 2.44. The molecule has 0 unspecified atom stereocenters. The molecule has 0 aliphatic heterocycles. The van der Waals surface area contributed by atoms with Crippen LogP contribution in [0.15, 0.2) is 225 Å². The molecule has 0 radical (unpaired) electrons. The van der Waals surface area contributed by atoms with E-state index in [-0.39, 0.29) is 0 Å². The summed E-state index contributed by atoms with van der Waals surface area (Å²) >= 11 is 0. The van der Waals surface area contributed by atoms with E-state index >= 15 is 0 Å². The van der Waals surface area contributed by atoms with E-state index < -0.39 is 0 Å². The third-order valence-corrected chi connectivity index (χ3v) is 11.6. The van der Waals surface area contributed by atoms with E-state index in [0.29, 0.717) is 6.42 Å². The monoisotopic (exact) mass is 765 g/mol. The van der Waals surface area contributed by atoms with Crippen molar-refractivity contribution in [3.63, 3.8) is 0 Å². The molecule has 8 aromatic rings. The Hall–Kier alpha value is -7.66. The van der Waals surface area contributed by atoms with Gasteiger partial charge in [-0.2, -0.15) is 0 Å². The predicted octanol–water partition coefficient (Wildman–Crippen LogP) is 15.9. The molecular formula is C59H43N. The molecule has 0 saturated heterocycles. The molecule has 0 N–H and O–H groups in total. The van der Waals surface area contributed by atoms with Crippen molar-refractivity contribution < 1.29 is 0 Å². The van der Waals surface area contributed by atoms with Crippen molar-refractivity contribution in [2.45, 2.75) is 19.3 Å². The quantitative estimate of drug-likeness (QED) is 0.132. The highest BCUT2D eigenvalue weighted by atomic mass is 15.1. The first-order valence-electron chi connectivity index (χ1n) is 20.9. The van der Waals surface area contributed by atoms with Crippen LogP contribution in [-0.2, 0) is 0 Å². The van der Waals surface area contributed by atoms with Gasteiger partial charge in [-0.1, -0.05) is 188 Å². The van der Waals surface area contributed by atoms with Crippen LogP contribution >= 0.6 is 0 Å². The van der Waals surface area contributed by atoms with E-state index in [1.807, 2.05) is 0 Å². The lowest BCUT2D eigenvalue weighted by molar-refractivity contribution is 1.05. The molecule has 8 aromatic carbocycles. The van der Waals surface area contributed by atoms with Gasteiger partial charge in [-0.05, 0) is 128 Å². The van der Waals surface area contributed by atoms with E-state index in [1.54, 1.807) is 0 Å². The van der Waals surface area contributed by atoms with Crippen molar-refractivity contribution in [1.82, 2.24) is 0 Å². The Kier molecular flexibility index (Phi) is 10.2. The minimum atomic E-state index is 0.667. The van der Waals surface area contributed by atoms with Gasteiger partial charge in [-0.15, -0.1) is 0 Å². The van der Waals surface area contributed by atoms with Crippen LogP contribution < -0.4 is 4.90 Å². The van der Waals surface area contributed by atoms with Crippen LogP contribution in [0.3, 0.4) is 0 Å². The predicted molar refractivity (Wildman–Crippen MR) is 256 cm³/mol. The molecule has 0 bridgehead atoms. The molecule has 0 amide bonds. The first-order valence-corrected chi connectivity index (χ1v) is 20.9. The van der Waals surface area contributed by atoms with E-state index in [2.05, 4.69) is 241 Å². The Bertz CT molecular complexity index is 3030. The summed E-state index contributed by atoms with van der Waals surface area (Å²) in [4.78, 5) is 2.45. The number of benzene rings is 8. The minimum absolute atomic E-state index is 0.667. The van der Waals surface area contributed by atoms with E-state index in [9.17, 15) is 0 Å². The summed E-state index contributed by atoms with van der Waals surface area (Å²) in [6, 6.07) is 70.4. The second-order valence-electron chi connectivity index (χ2n) is 15.4. The molecule has 60 heavy (non-hydrogen) atoms. The molecule has 0 fully saturated rings. The van der Waals surface area contributed by atoms with Gasteiger partial charge in [0.05, 0.1) is 5.69 Å². The maximum atomic E-state index is 3.54. The Labute approximate surface area is 353 Å². The van der Waals surface area contributed by atoms with Crippen LogP contribution in [0.1, 0.15) is 36.0 Å². The molecule has 2 aliphatic rings. The van der Waals surface area contributed by atoms with Gasteiger partial charge in [0.15, 0.2) is 0 Å². The fourth-order valence-electron chi connectivity index (χ4n) is 8.57. The SMILES string of the molecule is C1#CC(c2cccc3ccccc23)=CC(c2ccccc2N(c2ccc(-c3cccc(-c4ccccc4)c3)cc2)c2cc(C3=CC=CCC3)cc(-c3ccccc3)c2)=CC1. The highest BCUT2D eigenvalue weighted by Gasteiger charge is 2.21. The molecule has 0 aromatic heterocycles. The summed E-state index contributed by atoms with van der Waals surface area (Å²) in [5, 5.41) is 2.43. The van der Waals surface area contributed by atoms with E-state index in [4.69, 9.17) is 0 Å². The van der Waals surface area contributed by atoms with Gasteiger partial charge in [-0.3, -0.25) is 0 Å². The molecule has 1 heteroatoms. The summed E-state index contributed by atoms with van der Waals surface area (Å²) < 4.78 is 0. The topological polar surface area (TPSA) is 3.24 Å². The second kappa shape index (κ2) is 16.7. The standard InChI is InChI=1S/C59H43N/c1-4-18-43(19-5-1)48-28-16-29-49(38-48)46-34-36-54(37-35-46)60(55-41-52(44-20-6-2-7-21-44)40-53(42-55)45-22-8-3-9-23-45)59-33-15-14-31-58(59)51-26-11-10-25-50(39-51)57-32-17-27-47-24-12-13-30-56(47)57/h1-8,12-22,24,26-42H,9,11,23H2. The summed E-state index contributed by atoms with van der Waals surface area (Å²) in [5.41, 5.74) is 17.5. The van der Waals surface area contributed by atoms with Crippen LogP contribution in [0, 0.1) is 11.8 Å². The molecular weight excluding hydrogens is 723 g/mol. The number of nitrogens with zero attached hydrogens (tertiary/aromatic N) is 1. The lowest BCUT2D eigenvalue weighted by Crippen LogP contribution is -2.12. The number of fused-ring (bicyclic) bond motifs is 1. The number of para-hydroxylation sites is 1. The zero-order valence-electron chi connectivity index (χ0n) is 33.4. The van der Waals surface area contributed by atoms with Gasteiger partial charge in [0.1, 0.15) is 0 Å². The van der Waals surface area contributed by atoms with Crippen LogP contribution in [0.5, 0.6) is 0 Å². The maximum Gasteiger partial charge on any atom is 0.0539 e. The van der Waals surface area contributed by atoms with Crippen molar-refractivity contribution >= 4 is 44.6 Å². The van der Waals surface area contributed by atoms with Crippen molar-refractivity contribution in [2.75, 3.05) is 4.90 Å². The van der Waals surface area contributed by atoms with Crippen LogP contribution in [0.4, 0.5) is 17.1 Å². The van der Waals surface area contributed by atoms with Crippen molar-refractivity contribution in [1.29, 1.82) is 0 Å². The Morgan fingerprint density at radius 1 is 0.467 bits per heavy atom. The average molecular weight is 766 g/mol. The Morgan fingerprint density at radius 3 is 1.87 bits per heavy atom. The van der Waals surface area contributed by atoms with E-state index in [0.717, 1.165) is 52.2 Å². The molecule has 0 saturated carbocycles. The van der Waals surface area contributed by atoms with Crippen LogP contribution in [0.25, 0.3) is 60.9 Å². The first kappa shape index (κ1) is 36.7. The second-order valence-corrected chi connectivity index (χ2v) is 15.4. The summed E-state index contributed by atoms with van der Waals surface area (Å²) in [7, 11) is 0. The first-order chi connectivity index (χ1) is 29.7. The number of rotatable bonds is 9. The Morgan fingerprint density at radius 2 is 1.08 bits per heavy atom. The van der Waals surface area contributed by atoms with Crippen molar-refractivity contribution in [2.24, 2.45) is 0 Å². The molecule has 0 atom stereocenters. The average Bonchev–Trinajstić information content (AvgIpc) is 3.59. The summed E-state index contributed by atoms with van der Waals surface area (Å²) in [5.74, 6) is 7.00. The summed E-state index contributed by atoms with van der Waals surface area (Å²) in [6.07, 6.45) is 14.0. The number of hydrogen-bond acceptors (Lipinski definition) is 1. The zero-order chi connectivity index (χ0) is 40.1. The lowest BCUT2D eigenvalue weighted by atomic mass is 9.92. The van der Waals surface area contributed by atoms with Crippen LogP contribution in [-0.4, -0.2) is 0 Å². The van der Waals surface area contributed by atoms with Gasteiger partial charge in [0.2, 0.25) is 0 Å². The van der Waals surface area contributed by atoms with E-state index in [1.165, 1.54) is 55.3 Å².